The summed E-state index contributed by atoms with van der Waals surface area (Å²) in [4.78, 5) is 17.8. The molecule has 2 aromatic heterocycles. The van der Waals surface area contributed by atoms with Crippen molar-refractivity contribution in [2.75, 3.05) is 45.9 Å². The number of nitrogens with one attached hydrogen (secondary N) is 1. The number of pyridine rings is 1. The lowest BCUT2D eigenvalue weighted by atomic mass is 9.79. The third-order valence-electron chi connectivity index (χ3n) is 8.65. The number of ether oxygens (including phenoxy) is 4. The molecule has 3 aromatic rings. The van der Waals surface area contributed by atoms with Crippen LogP contribution >= 0.6 is 0 Å². The van der Waals surface area contributed by atoms with Crippen LogP contribution in [0.4, 0.5) is 5.82 Å². The first-order valence-electron chi connectivity index (χ1n) is 15.2. The van der Waals surface area contributed by atoms with E-state index in [0.29, 0.717) is 37.7 Å². The molecule has 9 nitrogen and oxygen atoms in total. The van der Waals surface area contributed by atoms with Crippen molar-refractivity contribution >= 4 is 11.8 Å². The zero-order valence-corrected chi connectivity index (χ0v) is 25.4. The van der Waals surface area contributed by atoms with Crippen LogP contribution in [0.1, 0.15) is 72.5 Å². The molecule has 0 saturated carbocycles. The van der Waals surface area contributed by atoms with E-state index in [9.17, 15) is 4.79 Å². The van der Waals surface area contributed by atoms with Crippen molar-refractivity contribution in [3.63, 3.8) is 0 Å². The highest BCUT2D eigenvalue weighted by Crippen LogP contribution is 2.40. The number of hydrogen-bond donors (Lipinski definition) is 1. The number of nitrogens with zero attached hydrogens (tertiary/aromatic N) is 3. The Labute approximate surface area is 248 Å². The van der Waals surface area contributed by atoms with Gasteiger partial charge < -0.3 is 24.3 Å². The summed E-state index contributed by atoms with van der Waals surface area (Å²) < 4.78 is 24.6. The maximum absolute atomic E-state index is 13.0. The Kier molecular flexibility index (Phi) is 10.00. The maximum Gasteiger partial charge on any atom is 0.309 e. The zero-order chi connectivity index (χ0) is 29.5. The number of fused-ring (bicyclic) bond motifs is 1. The SMILES string of the molecule is CCC(C(=O)OC)C(Cc1cc(OCCc2ccc3c(n2)NCCC3)n(C)n1)c1cc(C2CCOCC2)ccc1OC. The second-order valence-electron chi connectivity index (χ2n) is 11.3. The van der Waals surface area contributed by atoms with Crippen molar-refractivity contribution in [3.05, 3.63) is 64.5 Å². The summed E-state index contributed by atoms with van der Waals surface area (Å²) in [6.45, 7) is 5.03. The van der Waals surface area contributed by atoms with Crippen LogP contribution in [-0.4, -0.2) is 61.3 Å². The predicted octanol–water partition coefficient (Wildman–Crippen LogP) is 5.22. The van der Waals surface area contributed by atoms with Crippen LogP contribution in [0.3, 0.4) is 0 Å². The molecule has 2 aliphatic rings. The van der Waals surface area contributed by atoms with Crippen molar-refractivity contribution in [1.82, 2.24) is 14.8 Å². The Morgan fingerprint density at radius 1 is 1.14 bits per heavy atom. The Bertz CT molecular complexity index is 1350. The number of hydrogen-bond acceptors (Lipinski definition) is 8. The number of aromatic nitrogens is 3. The molecule has 9 heteroatoms. The highest BCUT2D eigenvalue weighted by molar-refractivity contribution is 5.74. The van der Waals surface area contributed by atoms with Crippen LogP contribution in [0.25, 0.3) is 0 Å². The van der Waals surface area contributed by atoms with E-state index in [1.807, 2.05) is 26.1 Å². The van der Waals surface area contributed by atoms with Gasteiger partial charge in [0.15, 0.2) is 0 Å². The molecule has 1 aromatic carbocycles. The molecule has 0 amide bonds. The van der Waals surface area contributed by atoms with Crippen LogP contribution in [0.2, 0.25) is 0 Å². The topological polar surface area (TPSA) is 96.7 Å². The van der Waals surface area contributed by atoms with E-state index in [1.165, 1.54) is 18.2 Å². The fourth-order valence-corrected chi connectivity index (χ4v) is 6.30. The summed E-state index contributed by atoms with van der Waals surface area (Å²) in [6.07, 6.45) is 6.09. The number of anilines is 1. The molecule has 42 heavy (non-hydrogen) atoms. The molecule has 2 unspecified atom stereocenters. The maximum atomic E-state index is 13.0. The standard InChI is InChI=1S/C33H44N4O5/c1-5-27(33(38)40-4)28(29-19-24(9-11-30(29)39-3)22-12-16-41-17-13-22)20-26-21-31(37(2)36-26)42-18-14-25-10-8-23-7-6-15-34-32(23)35-25/h8-11,19,21-22,27-28H,5-7,12-18,20H2,1-4H3,(H,34,35). The average Bonchev–Trinajstić information content (AvgIpc) is 3.39. The van der Waals surface area contributed by atoms with E-state index in [4.69, 9.17) is 29.0 Å². The lowest BCUT2D eigenvalue weighted by molar-refractivity contribution is -0.146. The van der Waals surface area contributed by atoms with E-state index in [0.717, 1.165) is 74.0 Å². The minimum Gasteiger partial charge on any atom is -0.496 e. The quantitative estimate of drug-likeness (QED) is 0.293. The Balaban J connectivity index is 1.35. The third kappa shape index (κ3) is 6.89. The fourth-order valence-electron chi connectivity index (χ4n) is 6.30. The zero-order valence-electron chi connectivity index (χ0n) is 25.4. The highest BCUT2D eigenvalue weighted by Gasteiger charge is 2.33. The molecule has 226 valence electrons. The van der Waals surface area contributed by atoms with Gasteiger partial charge in [-0.3, -0.25) is 4.79 Å². The lowest BCUT2D eigenvalue weighted by Gasteiger charge is -2.28. The molecule has 1 N–H and O–H groups in total. The van der Waals surface area contributed by atoms with Gasteiger partial charge in [0, 0.05) is 50.9 Å². The van der Waals surface area contributed by atoms with Gasteiger partial charge in [0.2, 0.25) is 5.88 Å². The van der Waals surface area contributed by atoms with Gasteiger partial charge in [0.1, 0.15) is 11.6 Å². The van der Waals surface area contributed by atoms with E-state index in [1.54, 1.807) is 11.8 Å². The number of carbonyl (C=O) groups is 1. The van der Waals surface area contributed by atoms with Crippen molar-refractivity contribution in [2.45, 2.75) is 63.7 Å². The summed E-state index contributed by atoms with van der Waals surface area (Å²) >= 11 is 0. The number of aryl methyl sites for hydroxylation is 2. The molecule has 0 bridgehead atoms. The van der Waals surface area contributed by atoms with E-state index < -0.39 is 0 Å². The molecule has 2 atom stereocenters. The number of benzene rings is 1. The minimum atomic E-state index is -0.344. The second-order valence-corrected chi connectivity index (χ2v) is 11.3. The first-order valence-corrected chi connectivity index (χ1v) is 15.2. The van der Waals surface area contributed by atoms with E-state index in [-0.39, 0.29) is 17.8 Å². The molecular formula is C33H44N4O5. The van der Waals surface area contributed by atoms with Gasteiger partial charge in [-0.25, -0.2) is 9.67 Å². The smallest absolute Gasteiger partial charge is 0.309 e. The van der Waals surface area contributed by atoms with Crippen LogP contribution in [0, 0.1) is 5.92 Å². The summed E-state index contributed by atoms with van der Waals surface area (Å²) in [5.41, 5.74) is 5.42. The van der Waals surface area contributed by atoms with Gasteiger partial charge in [-0.2, -0.15) is 5.10 Å². The molecule has 4 heterocycles. The highest BCUT2D eigenvalue weighted by atomic mass is 16.5. The first-order chi connectivity index (χ1) is 20.5. The average molecular weight is 577 g/mol. The number of rotatable bonds is 12. The molecule has 0 radical (unpaired) electrons. The van der Waals surface area contributed by atoms with Gasteiger partial charge in [-0.05, 0) is 73.3 Å². The van der Waals surface area contributed by atoms with Crippen LogP contribution in [-0.2, 0) is 40.6 Å². The third-order valence-corrected chi connectivity index (χ3v) is 8.65. The van der Waals surface area contributed by atoms with Crippen LogP contribution in [0.15, 0.2) is 36.4 Å². The molecule has 5 rings (SSSR count). The molecule has 2 aliphatic heterocycles. The van der Waals surface area contributed by atoms with Crippen molar-refractivity contribution in [1.29, 1.82) is 0 Å². The molecule has 1 saturated heterocycles. The lowest BCUT2D eigenvalue weighted by Crippen LogP contribution is -2.25. The summed E-state index contributed by atoms with van der Waals surface area (Å²) in [5.74, 6) is 2.15. The minimum absolute atomic E-state index is 0.174. The van der Waals surface area contributed by atoms with Gasteiger partial charge in [0.05, 0.1) is 32.4 Å². The molecule has 1 fully saturated rings. The van der Waals surface area contributed by atoms with Gasteiger partial charge >= 0.3 is 5.97 Å². The van der Waals surface area contributed by atoms with Gasteiger partial charge in [0.25, 0.3) is 0 Å². The summed E-state index contributed by atoms with van der Waals surface area (Å²) in [6, 6.07) is 12.7. The summed E-state index contributed by atoms with van der Waals surface area (Å²) in [7, 11) is 5.03. The number of methoxy groups -OCH3 is 2. The Morgan fingerprint density at radius 3 is 2.74 bits per heavy atom. The Hall–Kier alpha value is -3.59. The van der Waals surface area contributed by atoms with E-state index >= 15 is 0 Å². The summed E-state index contributed by atoms with van der Waals surface area (Å²) in [5, 5.41) is 8.18. The fraction of sp³-hybridized carbons (Fsp3) is 0.545. The first kappa shape index (κ1) is 29.9. The van der Waals surface area contributed by atoms with Crippen molar-refractivity contribution in [3.8, 4) is 11.6 Å². The monoisotopic (exact) mass is 576 g/mol. The number of esters is 1. The molecule has 0 aliphatic carbocycles. The molecular weight excluding hydrogens is 532 g/mol. The Morgan fingerprint density at radius 2 is 1.98 bits per heavy atom. The van der Waals surface area contributed by atoms with Crippen LogP contribution < -0.4 is 14.8 Å². The van der Waals surface area contributed by atoms with E-state index in [2.05, 4.69) is 29.6 Å². The molecule has 0 spiro atoms. The van der Waals surface area contributed by atoms with Gasteiger partial charge in [-0.15, -0.1) is 0 Å². The van der Waals surface area contributed by atoms with Crippen molar-refractivity contribution in [2.24, 2.45) is 13.0 Å². The van der Waals surface area contributed by atoms with Crippen molar-refractivity contribution < 1.29 is 23.7 Å². The largest absolute Gasteiger partial charge is 0.496 e. The number of carbonyl (C=O) groups excluding carboxylic acids is 1. The second kappa shape index (κ2) is 14.1. The normalized spacial score (nSPS) is 16.7. The predicted molar refractivity (Wildman–Crippen MR) is 161 cm³/mol. The van der Waals surface area contributed by atoms with Gasteiger partial charge in [-0.1, -0.05) is 25.1 Å². The van der Waals surface area contributed by atoms with Crippen LogP contribution in [0.5, 0.6) is 11.6 Å².